The molecule has 0 fully saturated rings. The number of imide groups is 1. The van der Waals surface area contributed by atoms with E-state index in [0.717, 1.165) is 17.7 Å². The average Bonchev–Trinajstić information content (AvgIpc) is 2.67. The van der Waals surface area contributed by atoms with Crippen LogP contribution >= 0.6 is 0 Å². The van der Waals surface area contributed by atoms with Crippen molar-refractivity contribution in [2.45, 2.75) is 38.6 Å². The molecule has 5 heteroatoms. The van der Waals surface area contributed by atoms with Crippen LogP contribution in [0.25, 0.3) is 0 Å². The second kappa shape index (κ2) is 5.86. The number of rotatable bonds is 6. The van der Waals surface area contributed by atoms with E-state index < -0.39 is 12.0 Å². The Morgan fingerprint density at radius 2 is 1.75 bits per heavy atom. The molecule has 1 heterocycles. The molecule has 1 N–H and O–H groups in total. The molecule has 106 valence electrons. The SMILES string of the molecule is CCCCC(CC(=O)O)N1C(=O)c2ccccc2C1=O. The van der Waals surface area contributed by atoms with E-state index in [-0.39, 0.29) is 18.2 Å². The van der Waals surface area contributed by atoms with Gasteiger partial charge in [0.05, 0.1) is 23.6 Å². The molecule has 0 radical (unpaired) electrons. The Labute approximate surface area is 117 Å². The van der Waals surface area contributed by atoms with Crippen LogP contribution in [0.1, 0.15) is 53.3 Å². The van der Waals surface area contributed by atoms with E-state index >= 15 is 0 Å². The number of amides is 2. The summed E-state index contributed by atoms with van der Waals surface area (Å²) in [6.07, 6.45) is 1.99. The third-order valence-electron chi connectivity index (χ3n) is 3.49. The number of carbonyl (C=O) groups is 3. The largest absolute Gasteiger partial charge is 0.481 e. The summed E-state index contributed by atoms with van der Waals surface area (Å²) in [5.74, 6) is -1.76. The minimum absolute atomic E-state index is 0.203. The highest BCUT2D eigenvalue weighted by atomic mass is 16.4. The molecule has 1 aliphatic heterocycles. The molecule has 0 saturated carbocycles. The van der Waals surface area contributed by atoms with Crippen molar-refractivity contribution < 1.29 is 19.5 Å². The van der Waals surface area contributed by atoms with Gasteiger partial charge in [-0.2, -0.15) is 0 Å². The smallest absolute Gasteiger partial charge is 0.305 e. The number of carbonyl (C=O) groups excluding carboxylic acids is 2. The van der Waals surface area contributed by atoms with E-state index in [9.17, 15) is 14.4 Å². The lowest BCUT2D eigenvalue weighted by atomic mass is 10.0. The molecule has 1 unspecified atom stereocenters. The number of benzene rings is 1. The minimum atomic E-state index is -0.998. The molecule has 0 bridgehead atoms. The number of aliphatic carboxylic acids is 1. The van der Waals surface area contributed by atoms with Crippen LogP contribution in [0.4, 0.5) is 0 Å². The molecule has 1 aromatic rings. The Balaban J connectivity index is 2.28. The Kier molecular flexibility index (Phi) is 4.17. The first-order valence-corrected chi connectivity index (χ1v) is 6.75. The van der Waals surface area contributed by atoms with Gasteiger partial charge in [0.15, 0.2) is 0 Å². The molecule has 2 rings (SSSR count). The van der Waals surface area contributed by atoms with E-state index in [4.69, 9.17) is 5.11 Å². The van der Waals surface area contributed by atoms with Gasteiger partial charge in [0.1, 0.15) is 0 Å². The predicted octanol–water partition coefficient (Wildman–Crippen LogP) is 2.32. The van der Waals surface area contributed by atoms with E-state index in [0.29, 0.717) is 17.5 Å². The maximum Gasteiger partial charge on any atom is 0.305 e. The van der Waals surface area contributed by atoms with Gasteiger partial charge in [0.2, 0.25) is 0 Å². The van der Waals surface area contributed by atoms with Gasteiger partial charge < -0.3 is 5.11 Å². The summed E-state index contributed by atoms with van der Waals surface area (Å²) in [6, 6.07) is 6.04. The molecule has 20 heavy (non-hydrogen) atoms. The van der Waals surface area contributed by atoms with Gasteiger partial charge in [0.25, 0.3) is 11.8 Å². The van der Waals surface area contributed by atoms with Crippen LogP contribution in [0, 0.1) is 0 Å². The molecule has 5 nitrogen and oxygen atoms in total. The molecular weight excluding hydrogens is 258 g/mol. The van der Waals surface area contributed by atoms with E-state index in [1.807, 2.05) is 6.92 Å². The molecule has 2 amide bonds. The van der Waals surface area contributed by atoms with Crippen LogP contribution in [0.3, 0.4) is 0 Å². The highest BCUT2D eigenvalue weighted by Crippen LogP contribution is 2.27. The molecule has 1 aliphatic rings. The zero-order chi connectivity index (χ0) is 14.7. The number of carboxylic acid groups (broad SMARTS) is 1. The summed E-state index contributed by atoms with van der Waals surface area (Å²) in [6.45, 7) is 1.99. The van der Waals surface area contributed by atoms with Crippen LogP contribution in [-0.4, -0.2) is 33.8 Å². The number of hydrogen-bond donors (Lipinski definition) is 1. The summed E-state index contributed by atoms with van der Waals surface area (Å²) >= 11 is 0. The van der Waals surface area contributed by atoms with Crippen LogP contribution in [-0.2, 0) is 4.79 Å². The van der Waals surface area contributed by atoms with Crippen LogP contribution in [0.15, 0.2) is 24.3 Å². The standard InChI is InChI=1S/C15H17NO4/c1-2-3-6-10(9-13(17)18)16-14(19)11-7-4-5-8-12(11)15(16)20/h4-5,7-8,10H,2-3,6,9H2,1H3,(H,17,18). The second-order valence-corrected chi connectivity index (χ2v) is 4.92. The van der Waals surface area contributed by atoms with Gasteiger partial charge in [-0.15, -0.1) is 0 Å². The van der Waals surface area contributed by atoms with Gasteiger partial charge in [-0.25, -0.2) is 0 Å². The fourth-order valence-corrected chi connectivity index (χ4v) is 2.50. The fourth-order valence-electron chi connectivity index (χ4n) is 2.50. The number of carboxylic acids is 1. The van der Waals surface area contributed by atoms with Crippen molar-refractivity contribution in [1.82, 2.24) is 4.90 Å². The molecule has 1 aromatic carbocycles. The van der Waals surface area contributed by atoms with E-state index in [1.165, 1.54) is 0 Å². The zero-order valence-corrected chi connectivity index (χ0v) is 11.3. The summed E-state index contributed by atoms with van der Waals surface area (Å²) in [5.41, 5.74) is 0.730. The lowest BCUT2D eigenvalue weighted by molar-refractivity contribution is -0.138. The highest BCUT2D eigenvalue weighted by molar-refractivity contribution is 6.21. The quantitative estimate of drug-likeness (QED) is 0.808. The van der Waals surface area contributed by atoms with Crippen molar-refractivity contribution >= 4 is 17.8 Å². The minimum Gasteiger partial charge on any atom is -0.481 e. The van der Waals surface area contributed by atoms with Crippen molar-refractivity contribution in [2.24, 2.45) is 0 Å². The number of nitrogens with zero attached hydrogens (tertiary/aromatic N) is 1. The van der Waals surface area contributed by atoms with Crippen molar-refractivity contribution in [2.75, 3.05) is 0 Å². The van der Waals surface area contributed by atoms with Crippen molar-refractivity contribution in [3.8, 4) is 0 Å². The molecule has 0 aromatic heterocycles. The third-order valence-corrected chi connectivity index (χ3v) is 3.49. The van der Waals surface area contributed by atoms with Crippen molar-refractivity contribution in [3.05, 3.63) is 35.4 Å². The summed E-state index contributed by atoms with van der Waals surface area (Å²) < 4.78 is 0. The van der Waals surface area contributed by atoms with Gasteiger partial charge in [-0.05, 0) is 18.6 Å². The molecule has 0 aliphatic carbocycles. The second-order valence-electron chi connectivity index (χ2n) is 4.92. The lowest BCUT2D eigenvalue weighted by Gasteiger charge is -2.24. The highest BCUT2D eigenvalue weighted by Gasteiger charge is 2.39. The van der Waals surface area contributed by atoms with Gasteiger partial charge in [-0.1, -0.05) is 31.9 Å². The van der Waals surface area contributed by atoms with E-state index in [1.54, 1.807) is 24.3 Å². The third kappa shape index (κ3) is 2.57. The predicted molar refractivity (Wildman–Crippen MR) is 72.5 cm³/mol. The molecule has 0 spiro atoms. The van der Waals surface area contributed by atoms with Gasteiger partial charge in [0, 0.05) is 0 Å². The van der Waals surface area contributed by atoms with Crippen molar-refractivity contribution in [1.29, 1.82) is 0 Å². The topological polar surface area (TPSA) is 74.7 Å². The Hall–Kier alpha value is -2.17. The maximum absolute atomic E-state index is 12.3. The number of fused-ring (bicyclic) bond motifs is 1. The summed E-state index contributed by atoms with van der Waals surface area (Å²) in [4.78, 5) is 36.7. The fraction of sp³-hybridized carbons (Fsp3) is 0.400. The summed E-state index contributed by atoms with van der Waals surface area (Å²) in [7, 11) is 0. The van der Waals surface area contributed by atoms with Gasteiger partial charge in [-0.3, -0.25) is 19.3 Å². The first kappa shape index (κ1) is 14.2. The Bertz CT molecular complexity index is 518. The average molecular weight is 275 g/mol. The van der Waals surface area contributed by atoms with Crippen LogP contribution in [0.2, 0.25) is 0 Å². The summed E-state index contributed by atoms with van der Waals surface area (Å²) in [5, 5.41) is 8.98. The number of unbranched alkanes of at least 4 members (excludes halogenated alkanes) is 1. The van der Waals surface area contributed by atoms with Gasteiger partial charge >= 0.3 is 5.97 Å². The molecular formula is C15H17NO4. The number of hydrogen-bond acceptors (Lipinski definition) is 3. The normalized spacial score (nSPS) is 15.3. The zero-order valence-electron chi connectivity index (χ0n) is 11.3. The van der Waals surface area contributed by atoms with E-state index in [2.05, 4.69) is 0 Å². The Morgan fingerprint density at radius 3 is 2.20 bits per heavy atom. The lowest BCUT2D eigenvalue weighted by Crippen LogP contribution is -2.41. The first-order chi connectivity index (χ1) is 9.56. The molecule has 0 saturated heterocycles. The van der Waals surface area contributed by atoms with Crippen LogP contribution in [0.5, 0.6) is 0 Å². The maximum atomic E-state index is 12.3. The first-order valence-electron chi connectivity index (χ1n) is 6.75. The van der Waals surface area contributed by atoms with Crippen molar-refractivity contribution in [3.63, 3.8) is 0 Å². The monoisotopic (exact) mass is 275 g/mol. The Morgan fingerprint density at radius 1 is 1.20 bits per heavy atom. The molecule has 1 atom stereocenters. The van der Waals surface area contributed by atoms with Crippen LogP contribution < -0.4 is 0 Å².